The van der Waals surface area contributed by atoms with E-state index >= 15 is 0 Å². The molecule has 0 saturated carbocycles. The average molecular weight is 324 g/mol. The average Bonchev–Trinajstić information content (AvgIpc) is 3.19. The van der Waals surface area contributed by atoms with Crippen LogP contribution in [0.3, 0.4) is 0 Å². The molecule has 0 unspecified atom stereocenters. The summed E-state index contributed by atoms with van der Waals surface area (Å²) in [5.74, 6) is 1.12. The molecule has 1 aromatic heterocycles. The Bertz CT molecular complexity index is 841. The SMILES string of the molecule is Clc1ccc(Cn2c(CN3CC=CC3)nc3ccccc32)cc1. The summed E-state index contributed by atoms with van der Waals surface area (Å²) in [7, 11) is 0. The fourth-order valence-corrected chi connectivity index (χ4v) is 3.17. The molecule has 2 heterocycles. The summed E-state index contributed by atoms with van der Waals surface area (Å²) >= 11 is 6.00. The Morgan fingerprint density at radius 2 is 1.65 bits per heavy atom. The third kappa shape index (κ3) is 3.03. The highest BCUT2D eigenvalue weighted by Crippen LogP contribution is 2.20. The van der Waals surface area contributed by atoms with Crippen molar-refractivity contribution in [3.63, 3.8) is 0 Å². The van der Waals surface area contributed by atoms with Crippen molar-refractivity contribution >= 4 is 22.6 Å². The molecule has 0 fully saturated rings. The number of hydrogen-bond donors (Lipinski definition) is 0. The Hall–Kier alpha value is -2.10. The third-order valence-corrected chi connectivity index (χ3v) is 4.50. The summed E-state index contributed by atoms with van der Waals surface area (Å²) in [4.78, 5) is 7.25. The van der Waals surface area contributed by atoms with Gasteiger partial charge in [0.1, 0.15) is 5.82 Å². The first-order valence-electron chi connectivity index (χ1n) is 7.85. The highest BCUT2D eigenvalue weighted by atomic mass is 35.5. The minimum Gasteiger partial charge on any atom is -0.322 e. The molecule has 0 N–H and O–H groups in total. The van der Waals surface area contributed by atoms with Gasteiger partial charge in [0, 0.05) is 24.7 Å². The predicted molar refractivity (Wildman–Crippen MR) is 94.7 cm³/mol. The van der Waals surface area contributed by atoms with E-state index in [2.05, 4.69) is 52.0 Å². The van der Waals surface area contributed by atoms with Gasteiger partial charge in [0.25, 0.3) is 0 Å². The van der Waals surface area contributed by atoms with Gasteiger partial charge in [-0.15, -0.1) is 0 Å². The van der Waals surface area contributed by atoms with Crippen LogP contribution in [0.4, 0.5) is 0 Å². The molecule has 0 aliphatic carbocycles. The van der Waals surface area contributed by atoms with Crippen molar-refractivity contribution < 1.29 is 0 Å². The Kier molecular flexibility index (Phi) is 3.90. The molecule has 0 atom stereocenters. The van der Waals surface area contributed by atoms with Crippen molar-refractivity contribution in [2.75, 3.05) is 13.1 Å². The van der Waals surface area contributed by atoms with Crippen LogP contribution in [0.25, 0.3) is 11.0 Å². The van der Waals surface area contributed by atoms with Gasteiger partial charge in [-0.1, -0.05) is 48.0 Å². The van der Waals surface area contributed by atoms with E-state index in [-0.39, 0.29) is 0 Å². The van der Waals surface area contributed by atoms with Crippen LogP contribution in [-0.4, -0.2) is 27.5 Å². The van der Waals surface area contributed by atoms with E-state index in [1.54, 1.807) is 0 Å². The molecule has 0 saturated heterocycles. The van der Waals surface area contributed by atoms with Crippen molar-refractivity contribution in [2.24, 2.45) is 0 Å². The quantitative estimate of drug-likeness (QED) is 0.674. The van der Waals surface area contributed by atoms with Gasteiger partial charge in [0.15, 0.2) is 0 Å². The van der Waals surface area contributed by atoms with Crippen LogP contribution in [0.2, 0.25) is 5.02 Å². The number of rotatable bonds is 4. The van der Waals surface area contributed by atoms with E-state index in [9.17, 15) is 0 Å². The molecule has 23 heavy (non-hydrogen) atoms. The molecule has 4 rings (SSSR count). The standard InChI is InChI=1S/C19H18ClN3/c20-16-9-7-15(8-10-16)13-23-18-6-2-1-5-17(18)21-19(23)14-22-11-3-4-12-22/h1-10H,11-14H2. The van der Waals surface area contributed by atoms with E-state index in [0.29, 0.717) is 0 Å². The maximum Gasteiger partial charge on any atom is 0.124 e. The lowest BCUT2D eigenvalue weighted by molar-refractivity contribution is 0.331. The summed E-state index contributed by atoms with van der Waals surface area (Å²) in [6.07, 6.45) is 4.43. The molecule has 1 aliphatic rings. The highest BCUT2D eigenvalue weighted by Gasteiger charge is 2.15. The van der Waals surface area contributed by atoms with Crippen molar-refractivity contribution in [3.05, 3.63) is 77.1 Å². The zero-order chi connectivity index (χ0) is 15.6. The van der Waals surface area contributed by atoms with E-state index in [0.717, 1.165) is 42.5 Å². The molecule has 2 aromatic carbocycles. The molecular formula is C19H18ClN3. The molecule has 1 aliphatic heterocycles. The van der Waals surface area contributed by atoms with Gasteiger partial charge in [0.05, 0.1) is 17.6 Å². The minimum atomic E-state index is 0.771. The topological polar surface area (TPSA) is 21.1 Å². The Labute approximate surface area is 140 Å². The number of nitrogens with zero attached hydrogens (tertiary/aromatic N) is 3. The molecule has 116 valence electrons. The van der Waals surface area contributed by atoms with Crippen molar-refractivity contribution in [2.45, 2.75) is 13.1 Å². The predicted octanol–water partition coefficient (Wildman–Crippen LogP) is 4.11. The number of halogens is 1. The largest absolute Gasteiger partial charge is 0.322 e. The zero-order valence-corrected chi connectivity index (χ0v) is 13.6. The first-order valence-corrected chi connectivity index (χ1v) is 8.23. The number of fused-ring (bicyclic) bond motifs is 1. The third-order valence-electron chi connectivity index (χ3n) is 4.25. The maximum absolute atomic E-state index is 6.00. The van der Waals surface area contributed by atoms with Crippen LogP contribution < -0.4 is 0 Å². The summed E-state index contributed by atoms with van der Waals surface area (Å²) in [5.41, 5.74) is 3.48. The van der Waals surface area contributed by atoms with Gasteiger partial charge in [0.2, 0.25) is 0 Å². The lowest BCUT2D eigenvalue weighted by Gasteiger charge is -2.16. The van der Waals surface area contributed by atoms with Gasteiger partial charge < -0.3 is 4.57 Å². The molecule has 3 aromatic rings. The van der Waals surface area contributed by atoms with E-state index in [1.807, 2.05) is 18.2 Å². The molecular weight excluding hydrogens is 306 g/mol. The van der Waals surface area contributed by atoms with Crippen LogP contribution in [0.5, 0.6) is 0 Å². The summed E-state index contributed by atoms with van der Waals surface area (Å²) < 4.78 is 2.32. The zero-order valence-electron chi connectivity index (χ0n) is 12.8. The second-order valence-electron chi connectivity index (χ2n) is 5.89. The molecule has 0 bridgehead atoms. The van der Waals surface area contributed by atoms with Gasteiger partial charge >= 0.3 is 0 Å². The second kappa shape index (κ2) is 6.19. The van der Waals surface area contributed by atoms with E-state index in [4.69, 9.17) is 16.6 Å². The van der Waals surface area contributed by atoms with E-state index < -0.39 is 0 Å². The lowest BCUT2D eigenvalue weighted by atomic mass is 10.2. The summed E-state index contributed by atoms with van der Waals surface area (Å²) in [6, 6.07) is 16.4. The molecule has 3 nitrogen and oxygen atoms in total. The van der Waals surface area contributed by atoms with Crippen LogP contribution >= 0.6 is 11.6 Å². The fourth-order valence-electron chi connectivity index (χ4n) is 3.05. The van der Waals surface area contributed by atoms with Crippen LogP contribution in [0, 0.1) is 0 Å². The first kappa shape index (κ1) is 14.5. The highest BCUT2D eigenvalue weighted by molar-refractivity contribution is 6.30. The van der Waals surface area contributed by atoms with Crippen molar-refractivity contribution in [1.29, 1.82) is 0 Å². The normalized spacial score (nSPS) is 14.8. The van der Waals surface area contributed by atoms with Gasteiger partial charge in [-0.2, -0.15) is 0 Å². The maximum atomic E-state index is 6.00. The monoisotopic (exact) mass is 323 g/mol. The molecule has 0 radical (unpaired) electrons. The lowest BCUT2D eigenvalue weighted by Crippen LogP contribution is -2.22. The van der Waals surface area contributed by atoms with Crippen molar-refractivity contribution in [1.82, 2.24) is 14.5 Å². The molecule has 0 spiro atoms. The Morgan fingerprint density at radius 3 is 2.43 bits per heavy atom. The Morgan fingerprint density at radius 1 is 0.913 bits per heavy atom. The smallest absolute Gasteiger partial charge is 0.124 e. The van der Waals surface area contributed by atoms with E-state index in [1.165, 1.54) is 11.1 Å². The fraction of sp³-hybridized carbons (Fsp3) is 0.211. The van der Waals surface area contributed by atoms with Crippen LogP contribution in [0.1, 0.15) is 11.4 Å². The number of aromatic nitrogens is 2. The number of benzene rings is 2. The van der Waals surface area contributed by atoms with Gasteiger partial charge in [-0.3, -0.25) is 4.90 Å². The van der Waals surface area contributed by atoms with Gasteiger partial charge in [-0.25, -0.2) is 4.98 Å². The summed E-state index contributed by atoms with van der Waals surface area (Å²) in [5, 5.41) is 0.771. The van der Waals surface area contributed by atoms with Gasteiger partial charge in [-0.05, 0) is 29.8 Å². The first-order chi connectivity index (χ1) is 11.3. The van der Waals surface area contributed by atoms with Crippen LogP contribution in [0.15, 0.2) is 60.7 Å². The number of para-hydroxylation sites is 2. The summed E-state index contributed by atoms with van der Waals surface area (Å²) in [6.45, 7) is 3.69. The molecule has 4 heteroatoms. The van der Waals surface area contributed by atoms with Crippen molar-refractivity contribution in [3.8, 4) is 0 Å². The Balaban J connectivity index is 1.71. The minimum absolute atomic E-state index is 0.771. The van der Waals surface area contributed by atoms with Crippen LogP contribution in [-0.2, 0) is 13.1 Å². The molecule has 0 amide bonds. The second-order valence-corrected chi connectivity index (χ2v) is 6.33. The number of hydrogen-bond acceptors (Lipinski definition) is 2. The number of imidazole rings is 1.